The van der Waals surface area contributed by atoms with E-state index in [1.165, 1.54) is 40.9 Å². The summed E-state index contributed by atoms with van der Waals surface area (Å²) in [6, 6.07) is 18.4. The summed E-state index contributed by atoms with van der Waals surface area (Å²) in [4.78, 5) is 27.8. The predicted octanol–water partition coefficient (Wildman–Crippen LogP) is 4.98. The minimum absolute atomic E-state index is 0.279. The zero-order valence-electron chi connectivity index (χ0n) is 18.1. The van der Waals surface area contributed by atoms with E-state index in [4.69, 9.17) is 4.42 Å². The Hall–Kier alpha value is -3.72. The fourth-order valence-electron chi connectivity index (χ4n) is 3.92. The van der Waals surface area contributed by atoms with Crippen molar-refractivity contribution in [2.45, 2.75) is 29.7 Å². The zero-order chi connectivity index (χ0) is 23.5. The molecule has 0 bridgehead atoms. The number of halogens is 1. The molecule has 172 valence electrons. The lowest BCUT2D eigenvalue weighted by atomic mass is 10.2. The number of carbonyl (C=O) groups is 2. The van der Waals surface area contributed by atoms with E-state index in [2.05, 4.69) is 10.2 Å². The molecule has 0 N–H and O–H groups in total. The van der Waals surface area contributed by atoms with Crippen molar-refractivity contribution in [3.8, 4) is 17.3 Å². The van der Waals surface area contributed by atoms with Gasteiger partial charge in [0.2, 0.25) is 11.7 Å². The number of aromatic nitrogens is 3. The molecule has 0 saturated carbocycles. The van der Waals surface area contributed by atoms with Crippen LogP contribution in [0.2, 0.25) is 0 Å². The Labute approximate surface area is 199 Å². The van der Waals surface area contributed by atoms with Gasteiger partial charge in [-0.1, -0.05) is 36.4 Å². The number of hydrogen-bond donors (Lipinski definition) is 0. The van der Waals surface area contributed by atoms with Gasteiger partial charge in [0.05, 0.1) is 11.5 Å². The molecule has 1 aliphatic rings. The van der Waals surface area contributed by atoms with Gasteiger partial charge in [-0.15, -0.1) is 10.2 Å². The molecule has 5 rings (SSSR count). The maximum Gasteiger partial charge on any atom is 0.260 e. The van der Waals surface area contributed by atoms with Gasteiger partial charge in [0, 0.05) is 17.8 Å². The van der Waals surface area contributed by atoms with Crippen LogP contribution < -0.4 is 0 Å². The molecule has 2 aromatic heterocycles. The van der Waals surface area contributed by atoms with Gasteiger partial charge in [-0.3, -0.25) is 19.1 Å². The zero-order valence-corrected chi connectivity index (χ0v) is 19.0. The normalized spacial score (nSPS) is 16.4. The van der Waals surface area contributed by atoms with E-state index in [0.717, 1.165) is 12.1 Å². The van der Waals surface area contributed by atoms with Crippen LogP contribution in [0.4, 0.5) is 4.39 Å². The number of imide groups is 1. The Morgan fingerprint density at radius 1 is 1.00 bits per heavy atom. The van der Waals surface area contributed by atoms with E-state index in [9.17, 15) is 14.0 Å². The Morgan fingerprint density at radius 3 is 2.53 bits per heavy atom. The first-order valence-electron chi connectivity index (χ1n) is 10.9. The number of carbonyl (C=O) groups excluding carboxylic acids is 2. The fourth-order valence-corrected chi connectivity index (χ4v) is 5.07. The summed E-state index contributed by atoms with van der Waals surface area (Å²) in [6.45, 7) is 0.328. The third-order valence-electron chi connectivity index (χ3n) is 5.61. The van der Waals surface area contributed by atoms with E-state index < -0.39 is 17.0 Å². The number of amides is 2. The summed E-state index contributed by atoms with van der Waals surface area (Å²) in [6.07, 6.45) is 3.67. The summed E-state index contributed by atoms with van der Waals surface area (Å²) in [5.41, 5.74) is 1.12. The van der Waals surface area contributed by atoms with E-state index in [-0.39, 0.29) is 11.5 Å². The molecule has 4 aromatic rings. The first-order chi connectivity index (χ1) is 16.6. The van der Waals surface area contributed by atoms with Gasteiger partial charge in [-0.25, -0.2) is 4.39 Å². The third-order valence-corrected chi connectivity index (χ3v) is 6.81. The van der Waals surface area contributed by atoms with Gasteiger partial charge >= 0.3 is 0 Å². The van der Waals surface area contributed by atoms with Crippen LogP contribution in [-0.2, 0) is 4.79 Å². The van der Waals surface area contributed by atoms with Crippen LogP contribution >= 0.6 is 11.8 Å². The van der Waals surface area contributed by atoms with Gasteiger partial charge in [-0.2, -0.15) is 0 Å². The molecule has 1 aliphatic heterocycles. The number of para-hydroxylation sites is 1. The molecule has 1 unspecified atom stereocenters. The molecule has 1 saturated heterocycles. The highest BCUT2D eigenvalue weighted by atomic mass is 32.2. The maximum atomic E-state index is 13.4. The second-order valence-electron chi connectivity index (χ2n) is 7.86. The van der Waals surface area contributed by atoms with E-state index in [1.807, 2.05) is 34.9 Å². The number of rotatable bonds is 5. The lowest BCUT2D eigenvalue weighted by Crippen LogP contribution is -2.41. The van der Waals surface area contributed by atoms with Crippen LogP contribution in [0.3, 0.4) is 0 Å². The van der Waals surface area contributed by atoms with Gasteiger partial charge in [-0.05, 0) is 61.4 Å². The predicted molar refractivity (Wildman–Crippen MR) is 125 cm³/mol. The van der Waals surface area contributed by atoms with Gasteiger partial charge in [0.25, 0.3) is 5.91 Å². The van der Waals surface area contributed by atoms with Crippen molar-refractivity contribution in [2.75, 3.05) is 6.54 Å². The van der Waals surface area contributed by atoms with Crippen molar-refractivity contribution in [1.82, 2.24) is 19.7 Å². The van der Waals surface area contributed by atoms with Crippen molar-refractivity contribution in [2.24, 2.45) is 0 Å². The van der Waals surface area contributed by atoms with Crippen molar-refractivity contribution < 1.29 is 18.4 Å². The van der Waals surface area contributed by atoms with Crippen molar-refractivity contribution in [3.05, 3.63) is 84.4 Å². The largest absolute Gasteiger partial charge is 0.461 e. The molecule has 0 aliphatic carbocycles. The van der Waals surface area contributed by atoms with Crippen LogP contribution in [0.15, 0.2) is 82.6 Å². The highest BCUT2D eigenvalue weighted by Gasteiger charge is 2.34. The summed E-state index contributed by atoms with van der Waals surface area (Å²) < 4.78 is 20.7. The van der Waals surface area contributed by atoms with Crippen LogP contribution in [-0.4, -0.2) is 43.3 Å². The average Bonchev–Trinajstić information content (AvgIpc) is 3.50. The van der Waals surface area contributed by atoms with Crippen LogP contribution in [0.1, 0.15) is 29.6 Å². The second kappa shape index (κ2) is 9.64. The minimum Gasteiger partial charge on any atom is -0.461 e. The highest BCUT2D eigenvalue weighted by molar-refractivity contribution is 8.00. The molecule has 34 heavy (non-hydrogen) atoms. The Kier molecular flexibility index (Phi) is 6.27. The molecule has 2 aromatic carbocycles. The number of likely N-dealkylation sites (tertiary alicyclic amines) is 1. The Bertz CT molecular complexity index is 1290. The Balaban J connectivity index is 1.46. The molecule has 0 radical (unpaired) electrons. The van der Waals surface area contributed by atoms with Crippen molar-refractivity contribution >= 4 is 23.6 Å². The highest BCUT2D eigenvalue weighted by Crippen LogP contribution is 2.34. The van der Waals surface area contributed by atoms with Gasteiger partial charge in [0.15, 0.2) is 10.9 Å². The molecule has 2 amide bonds. The molecule has 1 fully saturated rings. The lowest BCUT2D eigenvalue weighted by Gasteiger charge is -2.22. The molecule has 9 heteroatoms. The summed E-state index contributed by atoms with van der Waals surface area (Å²) >= 11 is 1.29. The molecule has 0 spiro atoms. The van der Waals surface area contributed by atoms with Crippen LogP contribution in [0, 0.1) is 5.82 Å². The van der Waals surface area contributed by atoms with Gasteiger partial charge < -0.3 is 4.42 Å². The molecule has 1 atom stereocenters. The van der Waals surface area contributed by atoms with E-state index in [1.54, 1.807) is 18.4 Å². The number of furan rings is 1. The average molecular weight is 477 g/mol. The first-order valence-corrected chi connectivity index (χ1v) is 11.8. The topological polar surface area (TPSA) is 81.2 Å². The van der Waals surface area contributed by atoms with E-state index >= 15 is 0 Å². The summed E-state index contributed by atoms with van der Waals surface area (Å²) in [5, 5.41) is 8.72. The monoisotopic (exact) mass is 476 g/mol. The van der Waals surface area contributed by atoms with Gasteiger partial charge in [0.1, 0.15) is 5.82 Å². The fraction of sp³-hybridized carbons (Fsp3) is 0.200. The van der Waals surface area contributed by atoms with Crippen molar-refractivity contribution in [1.29, 1.82) is 0 Å². The molecule has 3 heterocycles. The number of hydrogen-bond acceptors (Lipinski definition) is 6. The minimum atomic E-state index is -0.511. The summed E-state index contributed by atoms with van der Waals surface area (Å²) in [7, 11) is 0. The maximum absolute atomic E-state index is 13.4. The molecular formula is C25H21FN4O3S. The quantitative estimate of drug-likeness (QED) is 0.378. The second-order valence-corrected chi connectivity index (χ2v) is 9.03. The SMILES string of the molecule is O=C(c1ccc(F)cc1)N1CCCCC(Sc2nnc(-c3ccco3)n2-c2ccccc2)C1=O. The number of benzene rings is 2. The summed E-state index contributed by atoms with van der Waals surface area (Å²) in [5.74, 6) is -0.0420. The third kappa shape index (κ3) is 4.38. The molecule has 7 nitrogen and oxygen atoms in total. The smallest absolute Gasteiger partial charge is 0.260 e. The first kappa shape index (κ1) is 22.1. The number of thioether (sulfide) groups is 1. The standard InChI is InChI=1S/C25H21FN4O3S/c26-18-13-11-17(12-14-18)23(31)29-15-5-4-10-21(24(29)32)34-25-28-27-22(20-9-6-16-33-20)30(25)19-7-2-1-3-8-19/h1-3,6-9,11-14,16,21H,4-5,10,15H2. The van der Waals surface area contributed by atoms with Crippen molar-refractivity contribution in [3.63, 3.8) is 0 Å². The number of nitrogens with zero attached hydrogens (tertiary/aromatic N) is 4. The molecular weight excluding hydrogens is 455 g/mol. The lowest BCUT2D eigenvalue weighted by molar-refractivity contribution is -0.127. The van der Waals surface area contributed by atoms with E-state index in [0.29, 0.717) is 36.1 Å². The van der Waals surface area contributed by atoms with Crippen LogP contribution in [0.25, 0.3) is 17.3 Å². The Morgan fingerprint density at radius 2 is 1.79 bits per heavy atom. The van der Waals surface area contributed by atoms with Crippen LogP contribution in [0.5, 0.6) is 0 Å².